The Morgan fingerprint density at radius 1 is 1.36 bits per heavy atom. The Labute approximate surface area is 82.2 Å². The minimum Gasteiger partial charge on any atom is -0.258 e. The molecule has 0 unspecified atom stereocenters. The van der Waals surface area contributed by atoms with Crippen molar-refractivity contribution in [3.63, 3.8) is 0 Å². The van der Waals surface area contributed by atoms with Gasteiger partial charge in [0.2, 0.25) is 0 Å². The Kier molecular flexibility index (Phi) is 2.31. The van der Waals surface area contributed by atoms with E-state index in [1.165, 1.54) is 18.9 Å². The predicted molar refractivity (Wildman–Crippen MR) is 54.9 cm³/mol. The first-order valence-corrected chi connectivity index (χ1v) is 4.69. The molecular weight excluding hydrogens is 178 g/mol. The maximum absolute atomic E-state index is 10.7. The SMILES string of the molecule is O=[N+]([O-])c1ccccc1/C=C/C1CC1. The van der Waals surface area contributed by atoms with E-state index in [0.29, 0.717) is 11.5 Å². The van der Waals surface area contributed by atoms with Gasteiger partial charge in [0.25, 0.3) is 5.69 Å². The molecule has 0 saturated heterocycles. The molecule has 1 aromatic carbocycles. The van der Waals surface area contributed by atoms with Crippen LogP contribution in [0.3, 0.4) is 0 Å². The van der Waals surface area contributed by atoms with Gasteiger partial charge in [0.05, 0.1) is 10.5 Å². The van der Waals surface area contributed by atoms with E-state index in [2.05, 4.69) is 6.08 Å². The third-order valence-corrected chi connectivity index (χ3v) is 2.30. The van der Waals surface area contributed by atoms with Gasteiger partial charge in [0, 0.05) is 6.07 Å². The Morgan fingerprint density at radius 2 is 2.07 bits per heavy atom. The van der Waals surface area contributed by atoms with E-state index < -0.39 is 0 Å². The largest absolute Gasteiger partial charge is 0.276 e. The lowest BCUT2D eigenvalue weighted by Crippen LogP contribution is -1.90. The summed E-state index contributed by atoms with van der Waals surface area (Å²) >= 11 is 0. The first kappa shape index (κ1) is 8.94. The van der Waals surface area contributed by atoms with Crippen molar-refractivity contribution in [1.29, 1.82) is 0 Å². The van der Waals surface area contributed by atoms with Gasteiger partial charge >= 0.3 is 0 Å². The molecule has 1 aliphatic rings. The fourth-order valence-electron chi connectivity index (χ4n) is 1.32. The first-order chi connectivity index (χ1) is 6.77. The number of hydrogen-bond acceptors (Lipinski definition) is 2. The number of hydrogen-bond donors (Lipinski definition) is 0. The van der Waals surface area contributed by atoms with Crippen LogP contribution in [0.2, 0.25) is 0 Å². The van der Waals surface area contributed by atoms with Crippen LogP contribution in [0.25, 0.3) is 6.08 Å². The molecule has 1 saturated carbocycles. The lowest BCUT2D eigenvalue weighted by atomic mass is 10.1. The van der Waals surface area contributed by atoms with Gasteiger partial charge in [0.1, 0.15) is 0 Å². The Balaban J connectivity index is 2.26. The number of para-hydroxylation sites is 1. The molecule has 14 heavy (non-hydrogen) atoms. The Hall–Kier alpha value is -1.64. The van der Waals surface area contributed by atoms with Crippen molar-refractivity contribution in [3.8, 4) is 0 Å². The summed E-state index contributed by atoms with van der Waals surface area (Å²) in [7, 11) is 0. The van der Waals surface area contributed by atoms with Gasteiger partial charge < -0.3 is 0 Å². The lowest BCUT2D eigenvalue weighted by molar-refractivity contribution is -0.385. The van der Waals surface area contributed by atoms with E-state index in [-0.39, 0.29) is 10.6 Å². The second-order valence-corrected chi connectivity index (χ2v) is 3.51. The van der Waals surface area contributed by atoms with Gasteiger partial charge in [-0.3, -0.25) is 10.1 Å². The maximum Gasteiger partial charge on any atom is 0.276 e. The maximum atomic E-state index is 10.7. The summed E-state index contributed by atoms with van der Waals surface area (Å²) in [5.41, 5.74) is 0.883. The van der Waals surface area contributed by atoms with E-state index in [1.54, 1.807) is 12.1 Å². The van der Waals surface area contributed by atoms with Crippen LogP contribution in [-0.4, -0.2) is 4.92 Å². The smallest absolute Gasteiger partial charge is 0.258 e. The normalized spacial score (nSPS) is 16.0. The van der Waals surface area contributed by atoms with Crippen LogP contribution < -0.4 is 0 Å². The summed E-state index contributed by atoms with van der Waals surface area (Å²) < 4.78 is 0. The fourth-order valence-corrected chi connectivity index (χ4v) is 1.32. The van der Waals surface area contributed by atoms with Crippen LogP contribution in [0.4, 0.5) is 5.69 Å². The Morgan fingerprint density at radius 3 is 2.71 bits per heavy atom. The van der Waals surface area contributed by atoms with Crippen molar-refractivity contribution in [2.45, 2.75) is 12.8 Å². The number of allylic oxidation sites excluding steroid dienone is 1. The van der Waals surface area contributed by atoms with Gasteiger partial charge in [0.15, 0.2) is 0 Å². The molecule has 0 radical (unpaired) electrons. The van der Waals surface area contributed by atoms with Crippen LogP contribution in [0.15, 0.2) is 30.3 Å². The van der Waals surface area contributed by atoms with Crippen molar-refractivity contribution < 1.29 is 4.92 Å². The molecule has 0 spiro atoms. The third kappa shape index (κ3) is 1.99. The molecule has 0 bridgehead atoms. The van der Waals surface area contributed by atoms with E-state index >= 15 is 0 Å². The van der Waals surface area contributed by atoms with Gasteiger partial charge in [-0.2, -0.15) is 0 Å². The van der Waals surface area contributed by atoms with Crippen molar-refractivity contribution in [2.75, 3.05) is 0 Å². The highest BCUT2D eigenvalue weighted by molar-refractivity contribution is 5.60. The molecule has 0 aromatic heterocycles. The van der Waals surface area contributed by atoms with Gasteiger partial charge in [-0.1, -0.05) is 24.3 Å². The van der Waals surface area contributed by atoms with Crippen LogP contribution in [-0.2, 0) is 0 Å². The van der Waals surface area contributed by atoms with Crippen molar-refractivity contribution in [1.82, 2.24) is 0 Å². The Bertz CT molecular complexity index is 381. The molecule has 3 nitrogen and oxygen atoms in total. The molecule has 72 valence electrons. The average molecular weight is 189 g/mol. The highest BCUT2D eigenvalue weighted by Crippen LogP contribution is 2.31. The van der Waals surface area contributed by atoms with Crippen molar-refractivity contribution in [3.05, 3.63) is 46.0 Å². The average Bonchev–Trinajstić information content (AvgIpc) is 2.98. The molecule has 1 fully saturated rings. The monoisotopic (exact) mass is 189 g/mol. The summed E-state index contributed by atoms with van der Waals surface area (Å²) in [5.74, 6) is 0.648. The molecule has 1 aromatic rings. The van der Waals surface area contributed by atoms with Crippen LogP contribution in [0.1, 0.15) is 18.4 Å². The van der Waals surface area contributed by atoms with Crippen molar-refractivity contribution >= 4 is 11.8 Å². The lowest BCUT2D eigenvalue weighted by Gasteiger charge is -1.95. The number of rotatable bonds is 3. The van der Waals surface area contributed by atoms with E-state index in [1.807, 2.05) is 12.1 Å². The second kappa shape index (κ2) is 3.62. The standard InChI is InChI=1S/C11H11NO2/c13-12(14)11-4-2-1-3-10(11)8-7-9-5-6-9/h1-4,7-9H,5-6H2/b8-7+. The molecular formula is C11H11NO2. The molecule has 0 amide bonds. The quantitative estimate of drug-likeness (QED) is 0.541. The highest BCUT2D eigenvalue weighted by atomic mass is 16.6. The molecule has 0 atom stereocenters. The summed E-state index contributed by atoms with van der Waals surface area (Å²) in [6.07, 6.45) is 6.35. The topological polar surface area (TPSA) is 43.1 Å². The van der Waals surface area contributed by atoms with Gasteiger partial charge in [-0.05, 0) is 24.8 Å². The first-order valence-electron chi connectivity index (χ1n) is 4.69. The number of nitro benzene ring substituents is 1. The highest BCUT2D eigenvalue weighted by Gasteiger charge is 2.18. The summed E-state index contributed by atoms with van der Waals surface area (Å²) in [4.78, 5) is 10.3. The zero-order valence-electron chi connectivity index (χ0n) is 7.72. The van der Waals surface area contributed by atoms with Crippen LogP contribution >= 0.6 is 0 Å². The zero-order chi connectivity index (χ0) is 9.97. The fraction of sp³-hybridized carbons (Fsp3) is 0.273. The zero-order valence-corrected chi connectivity index (χ0v) is 7.72. The molecule has 0 heterocycles. The van der Waals surface area contributed by atoms with E-state index in [4.69, 9.17) is 0 Å². The molecule has 0 N–H and O–H groups in total. The van der Waals surface area contributed by atoms with Crippen molar-refractivity contribution in [2.24, 2.45) is 5.92 Å². The van der Waals surface area contributed by atoms with Gasteiger partial charge in [-0.25, -0.2) is 0 Å². The summed E-state index contributed by atoms with van der Waals surface area (Å²) in [6.45, 7) is 0. The summed E-state index contributed by atoms with van der Waals surface area (Å²) in [6, 6.07) is 6.82. The number of nitrogens with zero attached hydrogens (tertiary/aromatic N) is 1. The summed E-state index contributed by atoms with van der Waals surface area (Å²) in [5, 5.41) is 10.7. The molecule has 2 rings (SSSR count). The second-order valence-electron chi connectivity index (χ2n) is 3.51. The molecule has 3 heteroatoms. The molecule has 0 aliphatic heterocycles. The minimum atomic E-state index is -0.341. The van der Waals surface area contributed by atoms with E-state index in [9.17, 15) is 10.1 Å². The number of benzene rings is 1. The third-order valence-electron chi connectivity index (χ3n) is 2.30. The van der Waals surface area contributed by atoms with Gasteiger partial charge in [-0.15, -0.1) is 0 Å². The predicted octanol–water partition coefficient (Wildman–Crippen LogP) is 3.02. The minimum absolute atomic E-state index is 0.185. The number of nitro groups is 1. The van der Waals surface area contributed by atoms with Crippen LogP contribution in [0.5, 0.6) is 0 Å². The van der Waals surface area contributed by atoms with Crippen LogP contribution in [0, 0.1) is 16.0 Å². The molecule has 1 aliphatic carbocycles. The van der Waals surface area contributed by atoms with E-state index in [0.717, 1.165) is 0 Å².